The summed E-state index contributed by atoms with van der Waals surface area (Å²) < 4.78 is 1.39. The Morgan fingerprint density at radius 3 is 2.69 bits per heavy atom. The zero-order valence-electron chi connectivity index (χ0n) is 9.21. The van der Waals surface area contributed by atoms with Gasteiger partial charge in [-0.3, -0.25) is 4.79 Å². The molecule has 16 heavy (non-hydrogen) atoms. The fourth-order valence-electron chi connectivity index (χ4n) is 1.67. The van der Waals surface area contributed by atoms with E-state index in [9.17, 15) is 4.79 Å². The van der Waals surface area contributed by atoms with E-state index < -0.39 is 0 Å². The van der Waals surface area contributed by atoms with Crippen LogP contribution in [0.15, 0.2) is 48.8 Å². The molecule has 0 saturated carbocycles. The smallest absolute Gasteiger partial charge is 0.247 e. The van der Waals surface area contributed by atoms with Crippen LogP contribution in [0.25, 0.3) is 0 Å². The van der Waals surface area contributed by atoms with Crippen LogP contribution in [0.1, 0.15) is 29.6 Å². The van der Waals surface area contributed by atoms with Crippen molar-refractivity contribution in [1.29, 1.82) is 0 Å². The van der Waals surface area contributed by atoms with Crippen LogP contribution in [-0.2, 0) is 0 Å². The molecule has 2 aromatic rings. The van der Waals surface area contributed by atoms with Crippen molar-refractivity contribution in [1.82, 2.24) is 9.78 Å². The summed E-state index contributed by atoms with van der Waals surface area (Å²) in [6, 6.07) is 11.8. The number of carbonyl (C=O) groups is 1. The lowest BCUT2D eigenvalue weighted by Gasteiger charge is -2.10. The molecule has 2 rings (SSSR count). The zero-order chi connectivity index (χ0) is 11.4. The Bertz CT molecular complexity index is 448. The van der Waals surface area contributed by atoms with Crippen LogP contribution in [-0.4, -0.2) is 15.7 Å². The lowest BCUT2D eigenvalue weighted by atomic mass is 9.98. The second-order valence-corrected chi connectivity index (χ2v) is 3.86. The van der Waals surface area contributed by atoms with E-state index in [1.807, 2.05) is 30.3 Å². The van der Waals surface area contributed by atoms with Crippen LogP contribution in [0.3, 0.4) is 0 Å². The number of hydrogen-bond donors (Lipinski definition) is 0. The van der Waals surface area contributed by atoms with Gasteiger partial charge < -0.3 is 0 Å². The van der Waals surface area contributed by atoms with Gasteiger partial charge >= 0.3 is 0 Å². The molecule has 0 bridgehead atoms. The zero-order valence-corrected chi connectivity index (χ0v) is 9.21. The highest BCUT2D eigenvalue weighted by Crippen LogP contribution is 2.18. The molecule has 3 heteroatoms. The molecule has 0 spiro atoms. The third kappa shape index (κ3) is 2.37. The lowest BCUT2D eigenvalue weighted by Crippen LogP contribution is -2.13. The summed E-state index contributed by atoms with van der Waals surface area (Å²) in [6.07, 6.45) is 3.77. The molecule has 1 aromatic heterocycles. The molecule has 1 aromatic carbocycles. The summed E-state index contributed by atoms with van der Waals surface area (Å²) in [7, 11) is 0. The Kier molecular flexibility index (Phi) is 3.15. The Labute approximate surface area is 94.7 Å². The Hall–Kier alpha value is -1.90. The van der Waals surface area contributed by atoms with Gasteiger partial charge in [0.25, 0.3) is 0 Å². The minimum absolute atomic E-state index is 0.0290. The van der Waals surface area contributed by atoms with Crippen molar-refractivity contribution in [2.75, 3.05) is 0 Å². The van der Waals surface area contributed by atoms with Gasteiger partial charge in [0, 0.05) is 18.8 Å². The topological polar surface area (TPSA) is 34.9 Å². The van der Waals surface area contributed by atoms with Crippen molar-refractivity contribution in [3.8, 4) is 0 Å². The number of hydrogen-bond acceptors (Lipinski definition) is 2. The summed E-state index contributed by atoms with van der Waals surface area (Å²) in [5, 5.41) is 3.93. The highest BCUT2D eigenvalue weighted by atomic mass is 16.2. The first-order valence-electron chi connectivity index (χ1n) is 5.35. The first-order valence-corrected chi connectivity index (χ1v) is 5.35. The van der Waals surface area contributed by atoms with Gasteiger partial charge in [0.15, 0.2) is 0 Å². The molecule has 0 unspecified atom stereocenters. The van der Waals surface area contributed by atoms with Crippen LogP contribution < -0.4 is 0 Å². The van der Waals surface area contributed by atoms with E-state index in [-0.39, 0.29) is 11.8 Å². The summed E-state index contributed by atoms with van der Waals surface area (Å²) in [5.41, 5.74) is 1.18. The highest BCUT2D eigenvalue weighted by Gasteiger charge is 2.12. The van der Waals surface area contributed by atoms with E-state index >= 15 is 0 Å². The van der Waals surface area contributed by atoms with E-state index in [4.69, 9.17) is 0 Å². The van der Waals surface area contributed by atoms with Gasteiger partial charge in [0.1, 0.15) is 0 Å². The maximum absolute atomic E-state index is 11.8. The van der Waals surface area contributed by atoms with Crippen molar-refractivity contribution >= 4 is 5.91 Å². The lowest BCUT2D eigenvalue weighted by molar-refractivity contribution is 0.0879. The minimum atomic E-state index is 0.0290. The molecule has 0 aliphatic rings. The molecule has 3 nitrogen and oxygen atoms in total. The van der Waals surface area contributed by atoms with Crippen LogP contribution >= 0.6 is 0 Å². The summed E-state index contributed by atoms with van der Waals surface area (Å²) in [5.74, 6) is 0.249. The first-order chi connectivity index (χ1) is 7.77. The van der Waals surface area contributed by atoms with Crippen molar-refractivity contribution in [3.05, 3.63) is 54.4 Å². The van der Waals surface area contributed by atoms with E-state index in [0.717, 1.165) is 0 Å². The van der Waals surface area contributed by atoms with Crippen molar-refractivity contribution in [2.45, 2.75) is 19.3 Å². The molecule has 0 radical (unpaired) electrons. The molecule has 1 heterocycles. The predicted octanol–water partition coefficient (Wildman–Crippen LogP) is 2.72. The van der Waals surface area contributed by atoms with Crippen molar-refractivity contribution in [2.24, 2.45) is 0 Å². The summed E-state index contributed by atoms with van der Waals surface area (Å²) in [6.45, 7) is 2.05. The molecule has 0 amide bonds. The van der Waals surface area contributed by atoms with Gasteiger partial charge in [0.05, 0.1) is 0 Å². The molecule has 0 fully saturated rings. The van der Waals surface area contributed by atoms with Crippen LogP contribution in [0, 0.1) is 0 Å². The van der Waals surface area contributed by atoms with Crippen LogP contribution in [0.4, 0.5) is 0 Å². The van der Waals surface area contributed by atoms with E-state index in [1.165, 1.54) is 10.2 Å². The van der Waals surface area contributed by atoms with Gasteiger partial charge in [-0.05, 0) is 17.5 Å². The number of rotatable bonds is 3. The Morgan fingerprint density at radius 2 is 2.06 bits per heavy atom. The number of benzene rings is 1. The normalized spacial score (nSPS) is 12.3. The quantitative estimate of drug-likeness (QED) is 0.787. The fourth-order valence-corrected chi connectivity index (χ4v) is 1.67. The van der Waals surface area contributed by atoms with E-state index in [0.29, 0.717) is 6.42 Å². The highest BCUT2D eigenvalue weighted by molar-refractivity contribution is 5.78. The van der Waals surface area contributed by atoms with Gasteiger partial charge in [-0.15, -0.1) is 0 Å². The molecule has 0 N–H and O–H groups in total. The average molecular weight is 214 g/mol. The molecule has 0 aliphatic heterocycles. The first kappa shape index (κ1) is 10.6. The van der Waals surface area contributed by atoms with Crippen molar-refractivity contribution < 1.29 is 4.79 Å². The average Bonchev–Trinajstić information content (AvgIpc) is 2.83. The molecule has 1 atom stereocenters. The monoisotopic (exact) mass is 214 g/mol. The molecule has 0 aliphatic carbocycles. The Morgan fingerprint density at radius 1 is 1.31 bits per heavy atom. The third-order valence-corrected chi connectivity index (χ3v) is 2.61. The van der Waals surface area contributed by atoms with Gasteiger partial charge in [0.2, 0.25) is 5.91 Å². The SMILES string of the molecule is C[C@H](CC(=O)n1cccn1)c1ccccc1. The Balaban J connectivity index is 2.03. The van der Waals surface area contributed by atoms with E-state index in [2.05, 4.69) is 12.0 Å². The molecule has 0 saturated heterocycles. The second-order valence-electron chi connectivity index (χ2n) is 3.86. The number of nitrogens with zero attached hydrogens (tertiary/aromatic N) is 2. The number of aromatic nitrogens is 2. The van der Waals surface area contributed by atoms with Crippen molar-refractivity contribution in [3.63, 3.8) is 0 Å². The molecular formula is C13H14N2O. The molecule has 82 valence electrons. The summed E-state index contributed by atoms with van der Waals surface area (Å²) >= 11 is 0. The number of carbonyl (C=O) groups excluding carboxylic acids is 1. The van der Waals surface area contributed by atoms with Crippen LogP contribution in [0.2, 0.25) is 0 Å². The van der Waals surface area contributed by atoms with Gasteiger partial charge in [-0.25, -0.2) is 4.68 Å². The van der Waals surface area contributed by atoms with Gasteiger partial charge in [-0.2, -0.15) is 5.10 Å². The maximum atomic E-state index is 11.8. The largest absolute Gasteiger partial charge is 0.273 e. The maximum Gasteiger partial charge on any atom is 0.247 e. The molecular weight excluding hydrogens is 200 g/mol. The fraction of sp³-hybridized carbons (Fsp3) is 0.231. The predicted molar refractivity (Wildman–Crippen MR) is 62.3 cm³/mol. The standard InChI is InChI=1S/C13H14N2O/c1-11(12-6-3-2-4-7-12)10-13(16)15-9-5-8-14-15/h2-9,11H,10H2,1H3/t11-/m1/s1. The summed E-state index contributed by atoms with van der Waals surface area (Å²) in [4.78, 5) is 11.8. The van der Waals surface area contributed by atoms with Gasteiger partial charge in [-0.1, -0.05) is 37.3 Å². The second kappa shape index (κ2) is 4.75. The van der Waals surface area contributed by atoms with E-state index in [1.54, 1.807) is 18.5 Å². The minimum Gasteiger partial charge on any atom is -0.273 e. The van der Waals surface area contributed by atoms with Crippen LogP contribution in [0.5, 0.6) is 0 Å². The third-order valence-electron chi connectivity index (χ3n) is 2.61.